The first-order valence-corrected chi connectivity index (χ1v) is 6.09. The van der Waals surface area contributed by atoms with Gasteiger partial charge < -0.3 is 9.47 Å². The van der Waals surface area contributed by atoms with Crippen LogP contribution in [0.1, 0.15) is 26.2 Å². The molecule has 82 valence electrons. The highest BCUT2D eigenvalue weighted by Gasteiger charge is 2.23. The fourth-order valence-corrected chi connectivity index (χ4v) is 2.71. The second-order valence-electron chi connectivity index (χ2n) is 3.45. The topological polar surface area (TPSA) is 35.5 Å². The lowest BCUT2D eigenvalue weighted by Crippen LogP contribution is -2.14. The van der Waals surface area contributed by atoms with Crippen molar-refractivity contribution in [3.63, 3.8) is 0 Å². The molecule has 0 saturated carbocycles. The quantitative estimate of drug-likeness (QED) is 0.521. The predicted octanol–water partition coefficient (Wildman–Crippen LogP) is 1.85. The van der Waals surface area contributed by atoms with Crippen LogP contribution in [0.15, 0.2) is 0 Å². The molecule has 0 bridgehead atoms. The Morgan fingerprint density at radius 1 is 1.64 bits per heavy atom. The number of esters is 1. The van der Waals surface area contributed by atoms with E-state index in [9.17, 15) is 4.79 Å². The average molecular weight is 218 g/mol. The van der Waals surface area contributed by atoms with Gasteiger partial charge in [0.1, 0.15) is 0 Å². The van der Waals surface area contributed by atoms with Crippen molar-refractivity contribution < 1.29 is 14.3 Å². The summed E-state index contributed by atoms with van der Waals surface area (Å²) in [5, 5.41) is 0.618. The van der Waals surface area contributed by atoms with E-state index < -0.39 is 0 Å². The summed E-state index contributed by atoms with van der Waals surface area (Å²) in [7, 11) is 1.43. The molecule has 0 aromatic carbocycles. The smallest absolute Gasteiger partial charge is 0.305 e. The molecule has 0 N–H and O–H groups in total. The maximum Gasteiger partial charge on any atom is 0.305 e. The van der Waals surface area contributed by atoms with Crippen molar-refractivity contribution in [1.82, 2.24) is 0 Å². The van der Waals surface area contributed by atoms with Gasteiger partial charge in [-0.1, -0.05) is 0 Å². The Kier molecular flexibility index (Phi) is 5.33. The van der Waals surface area contributed by atoms with E-state index in [-0.39, 0.29) is 5.97 Å². The molecule has 0 radical (unpaired) electrons. The molecule has 1 fully saturated rings. The van der Waals surface area contributed by atoms with Gasteiger partial charge in [-0.15, -0.1) is 0 Å². The van der Waals surface area contributed by atoms with Crippen LogP contribution in [0.5, 0.6) is 0 Å². The van der Waals surface area contributed by atoms with Gasteiger partial charge in [-0.2, -0.15) is 11.8 Å². The van der Waals surface area contributed by atoms with Crippen LogP contribution in [0.4, 0.5) is 0 Å². The Morgan fingerprint density at radius 3 is 3.00 bits per heavy atom. The number of rotatable bonds is 5. The summed E-state index contributed by atoms with van der Waals surface area (Å²) in [5.74, 6) is 0.911. The highest BCUT2D eigenvalue weighted by Crippen LogP contribution is 2.26. The molecule has 1 rings (SSSR count). The van der Waals surface area contributed by atoms with Crippen molar-refractivity contribution in [2.24, 2.45) is 0 Å². The molecule has 2 atom stereocenters. The summed E-state index contributed by atoms with van der Waals surface area (Å²) >= 11 is 1.91. The summed E-state index contributed by atoms with van der Waals surface area (Å²) in [6, 6.07) is 0. The van der Waals surface area contributed by atoms with E-state index in [1.54, 1.807) is 0 Å². The molecular formula is C10H18O3S. The lowest BCUT2D eigenvalue weighted by atomic mass is 10.3. The van der Waals surface area contributed by atoms with Gasteiger partial charge in [0.25, 0.3) is 0 Å². The van der Waals surface area contributed by atoms with E-state index in [4.69, 9.17) is 4.74 Å². The largest absolute Gasteiger partial charge is 0.469 e. The Morgan fingerprint density at radius 2 is 2.43 bits per heavy atom. The molecular weight excluding hydrogens is 200 g/mol. The Hall–Kier alpha value is -0.220. The number of carbonyl (C=O) groups is 1. The molecule has 0 aliphatic carbocycles. The van der Waals surface area contributed by atoms with Crippen LogP contribution in [0.25, 0.3) is 0 Å². The third kappa shape index (κ3) is 3.88. The Balaban J connectivity index is 2.01. The summed E-state index contributed by atoms with van der Waals surface area (Å²) < 4.78 is 10.0. The van der Waals surface area contributed by atoms with Gasteiger partial charge in [0.2, 0.25) is 0 Å². The molecule has 0 aromatic rings. The van der Waals surface area contributed by atoms with Crippen LogP contribution in [-0.4, -0.2) is 36.8 Å². The molecule has 0 spiro atoms. The lowest BCUT2D eigenvalue weighted by Gasteiger charge is -2.12. The fourth-order valence-electron chi connectivity index (χ4n) is 1.48. The second kappa shape index (κ2) is 6.30. The van der Waals surface area contributed by atoms with E-state index in [0.29, 0.717) is 17.8 Å². The third-order valence-electron chi connectivity index (χ3n) is 2.39. The normalized spacial score (nSPS) is 26.4. The van der Waals surface area contributed by atoms with Crippen molar-refractivity contribution in [2.45, 2.75) is 37.5 Å². The molecule has 14 heavy (non-hydrogen) atoms. The highest BCUT2D eigenvalue weighted by atomic mass is 32.2. The van der Waals surface area contributed by atoms with E-state index in [2.05, 4.69) is 11.7 Å². The van der Waals surface area contributed by atoms with Crippen LogP contribution in [-0.2, 0) is 14.3 Å². The van der Waals surface area contributed by atoms with Gasteiger partial charge in [0, 0.05) is 18.3 Å². The molecule has 1 saturated heterocycles. The van der Waals surface area contributed by atoms with Gasteiger partial charge >= 0.3 is 5.97 Å². The average Bonchev–Trinajstić information content (AvgIpc) is 2.58. The maximum atomic E-state index is 10.8. The van der Waals surface area contributed by atoms with E-state index in [1.807, 2.05) is 11.8 Å². The SMILES string of the molecule is COC(=O)CCCSC1CCOC1C. The van der Waals surface area contributed by atoms with Crippen molar-refractivity contribution >= 4 is 17.7 Å². The van der Waals surface area contributed by atoms with Gasteiger partial charge in [-0.05, 0) is 25.5 Å². The maximum absolute atomic E-state index is 10.8. The number of ether oxygens (including phenoxy) is 2. The van der Waals surface area contributed by atoms with Crippen molar-refractivity contribution in [1.29, 1.82) is 0 Å². The molecule has 1 aliphatic rings. The van der Waals surface area contributed by atoms with Crippen molar-refractivity contribution in [3.8, 4) is 0 Å². The number of hydrogen-bond donors (Lipinski definition) is 0. The number of thioether (sulfide) groups is 1. The molecule has 1 heterocycles. The molecule has 3 nitrogen and oxygen atoms in total. The van der Waals surface area contributed by atoms with E-state index >= 15 is 0 Å². The minimum atomic E-state index is -0.110. The molecule has 1 aliphatic heterocycles. The Bertz CT molecular complexity index is 184. The first-order chi connectivity index (χ1) is 6.74. The minimum absolute atomic E-state index is 0.110. The summed E-state index contributed by atoms with van der Waals surface area (Å²) in [6.07, 6.45) is 2.95. The molecule has 2 unspecified atom stereocenters. The first kappa shape index (κ1) is 11.9. The van der Waals surface area contributed by atoms with Crippen molar-refractivity contribution in [3.05, 3.63) is 0 Å². The summed E-state index contributed by atoms with van der Waals surface area (Å²) in [6.45, 7) is 3.00. The summed E-state index contributed by atoms with van der Waals surface area (Å²) in [4.78, 5) is 10.8. The fraction of sp³-hybridized carbons (Fsp3) is 0.900. The van der Waals surface area contributed by atoms with Gasteiger partial charge in [0.15, 0.2) is 0 Å². The summed E-state index contributed by atoms with van der Waals surface area (Å²) in [5.41, 5.74) is 0. The molecule has 0 aromatic heterocycles. The number of methoxy groups -OCH3 is 1. The predicted molar refractivity (Wildman–Crippen MR) is 57.5 cm³/mol. The molecule has 0 amide bonds. The van der Waals surface area contributed by atoms with E-state index in [0.717, 1.165) is 25.2 Å². The van der Waals surface area contributed by atoms with Crippen LogP contribution in [0.3, 0.4) is 0 Å². The second-order valence-corrected chi connectivity index (χ2v) is 4.80. The van der Waals surface area contributed by atoms with Gasteiger partial charge in [-0.25, -0.2) is 0 Å². The van der Waals surface area contributed by atoms with Crippen LogP contribution in [0, 0.1) is 0 Å². The zero-order valence-electron chi connectivity index (χ0n) is 8.82. The lowest BCUT2D eigenvalue weighted by molar-refractivity contribution is -0.140. The van der Waals surface area contributed by atoms with Gasteiger partial charge in [0.05, 0.1) is 13.2 Å². The van der Waals surface area contributed by atoms with E-state index in [1.165, 1.54) is 7.11 Å². The highest BCUT2D eigenvalue weighted by molar-refractivity contribution is 7.99. The Labute approximate surface area is 89.5 Å². The number of carbonyl (C=O) groups excluding carboxylic acids is 1. The third-order valence-corrected chi connectivity index (χ3v) is 3.96. The monoisotopic (exact) mass is 218 g/mol. The zero-order chi connectivity index (χ0) is 10.4. The van der Waals surface area contributed by atoms with Crippen LogP contribution in [0.2, 0.25) is 0 Å². The number of hydrogen-bond acceptors (Lipinski definition) is 4. The zero-order valence-corrected chi connectivity index (χ0v) is 9.64. The molecule has 4 heteroatoms. The van der Waals surface area contributed by atoms with Crippen LogP contribution >= 0.6 is 11.8 Å². The minimum Gasteiger partial charge on any atom is -0.469 e. The van der Waals surface area contributed by atoms with Crippen molar-refractivity contribution in [2.75, 3.05) is 19.5 Å². The van der Waals surface area contributed by atoms with Gasteiger partial charge in [-0.3, -0.25) is 4.79 Å². The standard InChI is InChI=1S/C10H18O3S/c1-8-9(5-6-13-8)14-7-3-4-10(11)12-2/h8-9H,3-7H2,1-2H3. The van der Waals surface area contributed by atoms with Crippen LogP contribution < -0.4 is 0 Å². The first-order valence-electron chi connectivity index (χ1n) is 5.04.